The Balaban J connectivity index is 3.40. The Morgan fingerprint density at radius 2 is 2.14 bits per heavy atom. The van der Waals surface area contributed by atoms with Crippen molar-refractivity contribution >= 4 is 12.1 Å². The van der Waals surface area contributed by atoms with Crippen LogP contribution < -0.4 is 5.32 Å². The predicted octanol–water partition coefficient (Wildman–Crippen LogP) is 0.850. The van der Waals surface area contributed by atoms with E-state index in [1.54, 1.807) is 13.8 Å². The van der Waals surface area contributed by atoms with Crippen molar-refractivity contribution < 1.29 is 19.1 Å². The number of hydrogen-bond acceptors (Lipinski definition) is 4. The zero-order valence-corrected chi connectivity index (χ0v) is 8.41. The van der Waals surface area contributed by atoms with E-state index in [0.717, 1.165) is 6.08 Å². The Bertz CT molecular complexity index is 213. The highest BCUT2D eigenvalue weighted by molar-refractivity contribution is 5.81. The first-order valence-electron chi connectivity index (χ1n) is 4.30. The molecule has 0 saturated heterocycles. The van der Waals surface area contributed by atoms with Crippen molar-refractivity contribution in [2.45, 2.75) is 20.0 Å². The lowest BCUT2D eigenvalue weighted by Crippen LogP contribution is -2.30. The van der Waals surface area contributed by atoms with E-state index in [1.807, 2.05) is 0 Å². The molecule has 0 aromatic rings. The Labute approximate surface area is 83.1 Å². The molecule has 0 spiro atoms. The molecule has 0 atom stereocenters. The first-order chi connectivity index (χ1) is 6.56. The van der Waals surface area contributed by atoms with Crippen molar-refractivity contribution in [1.29, 1.82) is 0 Å². The SMILES string of the molecule is C=CC(=O)OCCNC(=O)OC(C)C. The van der Waals surface area contributed by atoms with Crippen LogP contribution in [0.2, 0.25) is 0 Å². The van der Waals surface area contributed by atoms with Gasteiger partial charge in [-0.3, -0.25) is 0 Å². The molecule has 0 heterocycles. The van der Waals surface area contributed by atoms with Gasteiger partial charge >= 0.3 is 12.1 Å². The van der Waals surface area contributed by atoms with E-state index < -0.39 is 12.1 Å². The summed E-state index contributed by atoms with van der Waals surface area (Å²) >= 11 is 0. The molecular formula is C9H15NO4. The third kappa shape index (κ3) is 7.15. The number of alkyl carbamates (subject to hydrolysis) is 1. The number of nitrogens with one attached hydrogen (secondary N) is 1. The summed E-state index contributed by atoms with van der Waals surface area (Å²) in [4.78, 5) is 21.4. The molecule has 1 N–H and O–H groups in total. The number of hydrogen-bond donors (Lipinski definition) is 1. The minimum Gasteiger partial charge on any atom is -0.461 e. The second-order valence-electron chi connectivity index (χ2n) is 2.75. The largest absolute Gasteiger partial charge is 0.461 e. The van der Waals surface area contributed by atoms with Gasteiger partial charge in [-0.25, -0.2) is 9.59 Å². The van der Waals surface area contributed by atoms with Gasteiger partial charge in [0.1, 0.15) is 6.61 Å². The third-order valence-corrected chi connectivity index (χ3v) is 1.13. The highest BCUT2D eigenvalue weighted by Crippen LogP contribution is 1.87. The molecule has 0 aliphatic rings. The molecule has 1 amide bonds. The maximum absolute atomic E-state index is 10.9. The monoisotopic (exact) mass is 201 g/mol. The summed E-state index contributed by atoms with van der Waals surface area (Å²) in [7, 11) is 0. The summed E-state index contributed by atoms with van der Waals surface area (Å²) < 4.78 is 9.39. The standard InChI is InChI=1S/C9H15NO4/c1-4-8(11)13-6-5-10-9(12)14-7(2)3/h4,7H,1,5-6H2,2-3H3,(H,10,12). The van der Waals surface area contributed by atoms with Crippen LogP contribution >= 0.6 is 0 Å². The normalized spacial score (nSPS) is 9.36. The Morgan fingerprint density at radius 1 is 1.50 bits per heavy atom. The fourth-order valence-electron chi connectivity index (χ4n) is 0.619. The first-order valence-corrected chi connectivity index (χ1v) is 4.30. The lowest BCUT2D eigenvalue weighted by atomic mass is 10.5. The van der Waals surface area contributed by atoms with Gasteiger partial charge in [-0.15, -0.1) is 0 Å². The van der Waals surface area contributed by atoms with Gasteiger partial charge in [-0.05, 0) is 13.8 Å². The molecule has 14 heavy (non-hydrogen) atoms. The molecule has 0 aromatic heterocycles. The summed E-state index contributed by atoms with van der Waals surface area (Å²) in [5.74, 6) is -0.510. The van der Waals surface area contributed by atoms with Crippen LogP contribution in [0, 0.1) is 0 Å². The lowest BCUT2D eigenvalue weighted by molar-refractivity contribution is -0.137. The Hall–Kier alpha value is -1.52. The summed E-state index contributed by atoms with van der Waals surface area (Å²) in [6, 6.07) is 0. The van der Waals surface area contributed by atoms with E-state index in [4.69, 9.17) is 4.74 Å². The van der Waals surface area contributed by atoms with Gasteiger partial charge in [0.05, 0.1) is 12.6 Å². The van der Waals surface area contributed by atoms with Gasteiger partial charge in [0.25, 0.3) is 0 Å². The molecule has 5 heteroatoms. The average Bonchev–Trinajstić information content (AvgIpc) is 2.10. The van der Waals surface area contributed by atoms with Crippen LogP contribution in [-0.4, -0.2) is 31.3 Å². The van der Waals surface area contributed by atoms with E-state index in [1.165, 1.54) is 0 Å². The topological polar surface area (TPSA) is 64.6 Å². The zero-order valence-electron chi connectivity index (χ0n) is 8.41. The zero-order chi connectivity index (χ0) is 11.0. The fraction of sp³-hybridized carbons (Fsp3) is 0.556. The second kappa shape index (κ2) is 6.94. The van der Waals surface area contributed by atoms with E-state index in [0.29, 0.717) is 0 Å². The Kier molecular flexibility index (Phi) is 6.19. The molecule has 0 bridgehead atoms. The summed E-state index contributed by atoms with van der Waals surface area (Å²) in [5, 5.41) is 2.42. The molecule has 0 fully saturated rings. The van der Waals surface area contributed by atoms with Gasteiger partial charge in [-0.2, -0.15) is 0 Å². The summed E-state index contributed by atoms with van der Waals surface area (Å²) in [6.45, 7) is 7.06. The van der Waals surface area contributed by atoms with Crippen LogP contribution in [-0.2, 0) is 14.3 Å². The molecule has 0 unspecified atom stereocenters. The smallest absolute Gasteiger partial charge is 0.407 e. The van der Waals surface area contributed by atoms with Crippen molar-refractivity contribution in [3.05, 3.63) is 12.7 Å². The van der Waals surface area contributed by atoms with Crippen molar-refractivity contribution in [2.24, 2.45) is 0 Å². The van der Waals surface area contributed by atoms with Crippen LogP contribution in [0.5, 0.6) is 0 Å². The number of rotatable bonds is 5. The average molecular weight is 201 g/mol. The number of ether oxygens (including phenoxy) is 2. The molecule has 0 aliphatic carbocycles. The second-order valence-corrected chi connectivity index (χ2v) is 2.75. The van der Waals surface area contributed by atoms with Gasteiger partial charge in [0, 0.05) is 6.08 Å². The van der Waals surface area contributed by atoms with Crippen LogP contribution in [0.15, 0.2) is 12.7 Å². The highest BCUT2D eigenvalue weighted by atomic mass is 16.6. The fourth-order valence-corrected chi connectivity index (χ4v) is 0.619. The van der Waals surface area contributed by atoms with Gasteiger partial charge < -0.3 is 14.8 Å². The molecule has 0 radical (unpaired) electrons. The van der Waals surface area contributed by atoms with Crippen LogP contribution in [0.4, 0.5) is 4.79 Å². The number of carbonyl (C=O) groups excluding carboxylic acids is 2. The predicted molar refractivity (Wildman–Crippen MR) is 50.8 cm³/mol. The van der Waals surface area contributed by atoms with Crippen molar-refractivity contribution in [2.75, 3.05) is 13.2 Å². The third-order valence-electron chi connectivity index (χ3n) is 1.13. The van der Waals surface area contributed by atoms with Gasteiger partial charge in [-0.1, -0.05) is 6.58 Å². The molecule has 80 valence electrons. The van der Waals surface area contributed by atoms with Crippen molar-refractivity contribution in [1.82, 2.24) is 5.32 Å². The molecule has 0 saturated carbocycles. The van der Waals surface area contributed by atoms with Crippen LogP contribution in [0.1, 0.15) is 13.8 Å². The summed E-state index contributed by atoms with van der Waals surface area (Å²) in [6.07, 6.45) is 0.382. The molecule has 0 aromatic carbocycles. The molecule has 0 aliphatic heterocycles. The highest BCUT2D eigenvalue weighted by Gasteiger charge is 2.03. The minimum absolute atomic E-state index is 0.109. The summed E-state index contributed by atoms with van der Waals surface area (Å²) in [5.41, 5.74) is 0. The van der Waals surface area contributed by atoms with E-state index in [-0.39, 0.29) is 19.3 Å². The minimum atomic E-state index is -0.519. The number of esters is 1. The first kappa shape index (κ1) is 12.5. The van der Waals surface area contributed by atoms with Gasteiger partial charge in [0.15, 0.2) is 0 Å². The maximum Gasteiger partial charge on any atom is 0.407 e. The van der Waals surface area contributed by atoms with Crippen molar-refractivity contribution in [3.8, 4) is 0 Å². The van der Waals surface area contributed by atoms with Crippen molar-refractivity contribution in [3.63, 3.8) is 0 Å². The van der Waals surface area contributed by atoms with E-state index in [2.05, 4.69) is 16.6 Å². The quantitative estimate of drug-likeness (QED) is 0.407. The van der Waals surface area contributed by atoms with E-state index in [9.17, 15) is 9.59 Å². The Morgan fingerprint density at radius 3 is 2.64 bits per heavy atom. The maximum atomic E-state index is 10.9. The van der Waals surface area contributed by atoms with Crippen LogP contribution in [0.3, 0.4) is 0 Å². The van der Waals surface area contributed by atoms with Crippen LogP contribution in [0.25, 0.3) is 0 Å². The number of carbonyl (C=O) groups is 2. The lowest BCUT2D eigenvalue weighted by Gasteiger charge is -2.09. The number of amides is 1. The van der Waals surface area contributed by atoms with Gasteiger partial charge in [0.2, 0.25) is 0 Å². The molecular weight excluding hydrogens is 186 g/mol. The van der Waals surface area contributed by atoms with E-state index >= 15 is 0 Å². The molecule has 0 rings (SSSR count). The molecule has 5 nitrogen and oxygen atoms in total.